The predicted molar refractivity (Wildman–Crippen MR) is 99.8 cm³/mol. The molecule has 4 rings (SSSR count). The number of carbonyl (C=O) groups excluding carboxylic acids is 2. The van der Waals surface area contributed by atoms with Crippen molar-refractivity contribution in [3.63, 3.8) is 0 Å². The second-order valence-corrected chi connectivity index (χ2v) is 7.49. The smallest absolute Gasteiger partial charge is 0.242 e. The molecule has 28 heavy (non-hydrogen) atoms. The molecule has 2 amide bonds. The minimum absolute atomic E-state index is 0.0433. The van der Waals surface area contributed by atoms with Crippen LogP contribution in [-0.4, -0.2) is 46.2 Å². The molecule has 0 unspecified atom stereocenters. The Morgan fingerprint density at radius 2 is 2.00 bits per heavy atom. The molecule has 0 spiro atoms. The highest BCUT2D eigenvalue weighted by Crippen LogP contribution is 2.31. The molecule has 0 N–H and O–H groups in total. The average molecular weight is 385 g/mol. The van der Waals surface area contributed by atoms with E-state index in [9.17, 15) is 14.0 Å². The number of aromatic nitrogens is 1. The molecule has 3 heterocycles. The zero-order chi connectivity index (χ0) is 19.5. The summed E-state index contributed by atoms with van der Waals surface area (Å²) in [5.41, 5.74) is 0.938. The van der Waals surface area contributed by atoms with Crippen LogP contribution in [0.3, 0.4) is 0 Å². The van der Waals surface area contributed by atoms with Crippen LogP contribution >= 0.6 is 0 Å². The van der Waals surface area contributed by atoms with E-state index in [0.29, 0.717) is 37.6 Å². The number of benzene rings is 1. The Bertz CT molecular complexity index is 849. The van der Waals surface area contributed by atoms with Crippen LogP contribution in [0.25, 0.3) is 0 Å². The van der Waals surface area contributed by atoms with Crippen molar-refractivity contribution < 1.29 is 18.4 Å². The van der Waals surface area contributed by atoms with E-state index in [-0.39, 0.29) is 30.2 Å². The van der Waals surface area contributed by atoms with Gasteiger partial charge in [-0.2, -0.15) is 0 Å². The molecule has 7 heteroatoms. The van der Waals surface area contributed by atoms with Crippen LogP contribution in [-0.2, 0) is 16.0 Å². The Morgan fingerprint density at radius 3 is 2.75 bits per heavy atom. The Morgan fingerprint density at radius 1 is 1.18 bits per heavy atom. The molecule has 1 aromatic heterocycles. The fourth-order valence-corrected chi connectivity index (χ4v) is 3.97. The third kappa shape index (κ3) is 4.08. The summed E-state index contributed by atoms with van der Waals surface area (Å²) >= 11 is 0. The second-order valence-electron chi connectivity index (χ2n) is 7.49. The number of hydrogen-bond donors (Lipinski definition) is 0. The van der Waals surface area contributed by atoms with E-state index in [1.54, 1.807) is 23.2 Å². The molecule has 2 aliphatic heterocycles. The van der Waals surface area contributed by atoms with E-state index in [2.05, 4.69) is 4.98 Å². The number of nitrogens with zero attached hydrogens (tertiary/aromatic N) is 3. The van der Waals surface area contributed by atoms with Crippen LogP contribution in [0.4, 0.5) is 4.39 Å². The number of oxazole rings is 1. The van der Waals surface area contributed by atoms with Crippen LogP contribution in [0.1, 0.15) is 55.4 Å². The van der Waals surface area contributed by atoms with E-state index < -0.39 is 0 Å². The Hall–Kier alpha value is -2.70. The molecule has 2 aliphatic rings. The lowest BCUT2D eigenvalue weighted by molar-refractivity contribution is -0.141. The molecular formula is C21H24FN3O3. The molecule has 0 radical (unpaired) electrons. The van der Waals surface area contributed by atoms with E-state index in [1.165, 1.54) is 12.1 Å². The highest BCUT2D eigenvalue weighted by Gasteiger charge is 2.33. The summed E-state index contributed by atoms with van der Waals surface area (Å²) in [4.78, 5) is 32.6. The summed E-state index contributed by atoms with van der Waals surface area (Å²) in [7, 11) is 0. The number of rotatable bonds is 5. The standard InChI is InChI=1S/C21H24FN3O3/c22-16-8-6-15(7-9-16)12-17-13-23-21(28-17)18-4-1-2-11-25(18)20(27)14-24-10-3-5-19(24)26/h6-9,13,18H,1-5,10-12,14H2/t18-/m0/s1. The first-order valence-electron chi connectivity index (χ1n) is 9.86. The number of likely N-dealkylation sites (tertiary alicyclic amines) is 2. The third-order valence-corrected chi connectivity index (χ3v) is 5.47. The maximum Gasteiger partial charge on any atom is 0.242 e. The van der Waals surface area contributed by atoms with Gasteiger partial charge < -0.3 is 14.2 Å². The van der Waals surface area contributed by atoms with Gasteiger partial charge in [0.15, 0.2) is 0 Å². The maximum atomic E-state index is 13.1. The van der Waals surface area contributed by atoms with Crippen molar-refractivity contribution in [3.8, 4) is 0 Å². The summed E-state index contributed by atoms with van der Waals surface area (Å²) in [6.07, 6.45) is 6.31. The lowest BCUT2D eigenvalue weighted by Crippen LogP contribution is -2.44. The first-order valence-corrected chi connectivity index (χ1v) is 9.86. The van der Waals surface area contributed by atoms with Crippen LogP contribution in [0.2, 0.25) is 0 Å². The molecule has 6 nitrogen and oxygen atoms in total. The monoisotopic (exact) mass is 385 g/mol. The van der Waals surface area contributed by atoms with Gasteiger partial charge in [-0.3, -0.25) is 9.59 Å². The van der Waals surface area contributed by atoms with Crippen molar-refractivity contribution in [2.75, 3.05) is 19.6 Å². The Balaban J connectivity index is 1.45. The summed E-state index contributed by atoms with van der Waals surface area (Å²) < 4.78 is 19.0. The normalized spacial score (nSPS) is 20.0. The number of carbonyl (C=O) groups is 2. The van der Waals surface area contributed by atoms with Crippen molar-refractivity contribution in [3.05, 3.63) is 53.5 Å². The van der Waals surface area contributed by atoms with Crippen molar-refractivity contribution in [1.29, 1.82) is 0 Å². The maximum absolute atomic E-state index is 13.1. The van der Waals surface area contributed by atoms with E-state index in [4.69, 9.17) is 4.42 Å². The molecule has 1 aromatic carbocycles. The largest absolute Gasteiger partial charge is 0.443 e. The predicted octanol–water partition coefficient (Wildman–Crippen LogP) is 3.08. The van der Waals surface area contributed by atoms with Gasteiger partial charge in [-0.1, -0.05) is 12.1 Å². The number of piperidine rings is 1. The summed E-state index contributed by atoms with van der Waals surface area (Å²) in [5.74, 6) is 0.972. The van der Waals surface area contributed by atoms with Crippen LogP contribution < -0.4 is 0 Å². The zero-order valence-electron chi connectivity index (χ0n) is 15.8. The van der Waals surface area contributed by atoms with Gasteiger partial charge in [-0.15, -0.1) is 0 Å². The molecule has 148 valence electrons. The quantitative estimate of drug-likeness (QED) is 0.793. The van der Waals surface area contributed by atoms with Crippen molar-refractivity contribution in [2.24, 2.45) is 0 Å². The molecule has 0 saturated carbocycles. The van der Waals surface area contributed by atoms with Crippen LogP contribution in [0, 0.1) is 5.82 Å². The first-order chi connectivity index (χ1) is 13.6. The molecule has 2 fully saturated rings. The van der Waals surface area contributed by atoms with Gasteiger partial charge in [-0.25, -0.2) is 9.37 Å². The molecule has 0 aliphatic carbocycles. The lowest BCUT2D eigenvalue weighted by Gasteiger charge is -2.34. The molecule has 0 bridgehead atoms. The van der Waals surface area contributed by atoms with E-state index in [1.807, 2.05) is 4.90 Å². The molecule has 1 atom stereocenters. The highest BCUT2D eigenvalue weighted by molar-refractivity contribution is 5.86. The van der Waals surface area contributed by atoms with Gasteiger partial charge in [0.1, 0.15) is 17.6 Å². The van der Waals surface area contributed by atoms with E-state index in [0.717, 1.165) is 31.2 Å². The molecular weight excluding hydrogens is 361 g/mol. The number of halogens is 1. The SMILES string of the molecule is O=C1CCCN1CC(=O)N1CCCC[C@H]1c1ncc(Cc2ccc(F)cc2)o1. The number of hydrogen-bond acceptors (Lipinski definition) is 4. The van der Waals surface area contributed by atoms with Crippen molar-refractivity contribution in [2.45, 2.75) is 44.6 Å². The summed E-state index contributed by atoms with van der Waals surface area (Å²) in [6, 6.07) is 6.10. The minimum atomic E-state index is -0.269. The Labute approximate surface area is 163 Å². The third-order valence-electron chi connectivity index (χ3n) is 5.47. The Kier molecular flexibility index (Phi) is 5.41. The average Bonchev–Trinajstić information content (AvgIpc) is 3.33. The van der Waals surface area contributed by atoms with Gasteiger partial charge >= 0.3 is 0 Å². The van der Waals surface area contributed by atoms with Crippen molar-refractivity contribution >= 4 is 11.8 Å². The van der Waals surface area contributed by atoms with Gasteiger partial charge in [0.25, 0.3) is 0 Å². The lowest BCUT2D eigenvalue weighted by atomic mass is 10.0. The fourth-order valence-electron chi connectivity index (χ4n) is 3.97. The van der Waals surface area contributed by atoms with Gasteiger partial charge in [0.05, 0.1) is 12.7 Å². The first kappa shape index (κ1) is 18.7. The highest BCUT2D eigenvalue weighted by atomic mass is 19.1. The topological polar surface area (TPSA) is 66.7 Å². The van der Waals surface area contributed by atoms with E-state index >= 15 is 0 Å². The van der Waals surface area contributed by atoms with Crippen molar-refractivity contribution in [1.82, 2.24) is 14.8 Å². The van der Waals surface area contributed by atoms with Crippen LogP contribution in [0.5, 0.6) is 0 Å². The molecule has 2 saturated heterocycles. The van der Waals surface area contributed by atoms with Gasteiger partial charge in [0.2, 0.25) is 17.7 Å². The van der Waals surface area contributed by atoms with Gasteiger partial charge in [-0.05, 0) is 43.4 Å². The summed E-state index contributed by atoms with van der Waals surface area (Å²) in [6.45, 7) is 1.45. The second kappa shape index (κ2) is 8.12. The van der Waals surface area contributed by atoms with Crippen LogP contribution in [0.15, 0.2) is 34.9 Å². The fraction of sp³-hybridized carbons (Fsp3) is 0.476. The zero-order valence-corrected chi connectivity index (χ0v) is 15.8. The number of amides is 2. The molecule has 2 aromatic rings. The summed E-state index contributed by atoms with van der Waals surface area (Å²) in [5, 5.41) is 0. The minimum Gasteiger partial charge on any atom is -0.443 e. The van der Waals surface area contributed by atoms with Gasteiger partial charge in [0, 0.05) is 25.9 Å².